The van der Waals surface area contributed by atoms with E-state index in [-0.39, 0.29) is 5.91 Å². The lowest BCUT2D eigenvalue weighted by Crippen LogP contribution is -2.41. The van der Waals surface area contributed by atoms with E-state index in [1.165, 1.54) is 12.8 Å². The number of rotatable bonds is 4. The lowest BCUT2D eigenvalue weighted by Gasteiger charge is -2.28. The fourth-order valence-electron chi connectivity index (χ4n) is 2.65. The van der Waals surface area contributed by atoms with Gasteiger partial charge in [-0.15, -0.1) is 0 Å². The average Bonchev–Trinajstić information content (AvgIpc) is 2.96. The molecule has 1 saturated carbocycles. The normalized spacial score (nSPS) is 23.3. The summed E-state index contributed by atoms with van der Waals surface area (Å²) in [6, 6.07) is 2.33. The van der Waals surface area contributed by atoms with Gasteiger partial charge in [0.05, 0.1) is 12.1 Å². The molecule has 0 aromatic carbocycles. The standard InChI is InChI=1S/C13H21N3OS/c1-9-7-10(15-14-9)8-13(17)16(2)11-5-4-6-12(11)18-3/h7,11-12H,4-6,8H2,1-3H3,(H,14,15)/t11-,12-/m1/s1. The van der Waals surface area contributed by atoms with Gasteiger partial charge in [-0.1, -0.05) is 6.42 Å². The molecule has 18 heavy (non-hydrogen) atoms. The molecule has 2 atom stereocenters. The Morgan fingerprint density at radius 3 is 3.00 bits per heavy atom. The predicted molar refractivity (Wildman–Crippen MR) is 74.7 cm³/mol. The van der Waals surface area contributed by atoms with Crippen molar-refractivity contribution in [1.29, 1.82) is 0 Å². The fraction of sp³-hybridized carbons (Fsp3) is 0.692. The highest BCUT2D eigenvalue weighted by molar-refractivity contribution is 7.99. The molecule has 1 aliphatic rings. The summed E-state index contributed by atoms with van der Waals surface area (Å²) < 4.78 is 0. The van der Waals surface area contributed by atoms with Crippen LogP contribution < -0.4 is 0 Å². The molecule has 0 unspecified atom stereocenters. The van der Waals surface area contributed by atoms with Crippen LogP contribution in [0.5, 0.6) is 0 Å². The van der Waals surface area contributed by atoms with Crippen LogP contribution in [-0.2, 0) is 11.2 Å². The van der Waals surface area contributed by atoms with Crippen molar-refractivity contribution < 1.29 is 4.79 Å². The summed E-state index contributed by atoms with van der Waals surface area (Å²) in [5.74, 6) is 0.174. The molecule has 0 bridgehead atoms. The molecule has 1 aromatic heterocycles. The highest BCUT2D eigenvalue weighted by Crippen LogP contribution is 2.31. The van der Waals surface area contributed by atoms with E-state index >= 15 is 0 Å². The monoisotopic (exact) mass is 267 g/mol. The van der Waals surface area contributed by atoms with Crippen molar-refractivity contribution in [1.82, 2.24) is 15.1 Å². The van der Waals surface area contributed by atoms with Gasteiger partial charge in [-0.3, -0.25) is 9.89 Å². The van der Waals surface area contributed by atoms with E-state index in [4.69, 9.17) is 0 Å². The third kappa shape index (κ3) is 2.88. The number of aromatic nitrogens is 2. The maximum Gasteiger partial charge on any atom is 0.228 e. The molecule has 0 saturated heterocycles. The number of carbonyl (C=O) groups is 1. The van der Waals surface area contributed by atoms with Crippen LogP contribution in [0.3, 0.4) is 0 Å². The Hall–Kier alpha value is -0.970. The van der Waals surface area contributed by atoms with Crippen LogP contribution in [-0.4, -0.2) is 45.6 Å². The lowest BCUT2D eigenvalue weighted by atomic mass is 10.2. The average molecular weight is 267 g/mol. The molecule has 2 rings (SSSR count). The van der Waals surface area contributed by atoms with Gasteiger partial charge in [-0.25, -0.2) is 0 Å². The van der Waals surface area contributed by atoms with Crippen molar-refractivity contribution in [3.63, 3.8) is 0 Å². The van der Waals surface area contributed by atoms with E-state index < -0.39 is 0 Å². The number of hydrogen-bond acceptors (Lipinski definition) is 3. The van der Waals surface area contributed by atoms with Gasteiger partial charge in [0, 0.05) is 24.0 Å². The zero-order valence-corrected chi connectivity index (χ0v) is 12.1. The zero-order chi connectivity index (χ0) is 13.1. The third-order valence-corrected chi connectivity index (χ3v) is 4.86. The van der Waals surface area contributed by atoms with Crippen molar-refractivity contribution in [2.45, 2.75) is 43.9 Å². The molecule has 1 amide bonds. The Bertz CT molecular complexity index is 418. The van der Waals surface area contributed by atoms with Gasteiger partial charge in [-0.05, 0) is 32.1 Å². The van der Waals surface area contributed by atoms with Crippen molar-refractivity contribution in [2.75, 3.05) is 13.3 Å². The summed E-state index contributed by atoms with van der Waals surface area (Å²) in [5, 5.41) is 7.60. The number of nitrogens with one attached hydrogen (secondary N) is 1. The van der Waals surface area contributed by atoms with Crippen molar-refractivity contribution >= 4 is 17.7 Å². The first-order valence-electron chi connectivity index (χ1n) is 6.41. The van der Waals surface area contributed by atoms with Crippen LogP contribution in [0.25, 0.3) is 0 Å². The predicted octanol–water partition coefficient (Wildman–Crippen LogP) is 2.00. The van der Waals surface area contributed by atoms with Gasteiger partial charge >= 0.3 is 0 Å². The minimum Gasteiger partial charge on any atom is -0.341 e. The second-order valence-corrected chi connectivity index (χ2v) is 6.07. The summed E-state index contributed by atoms with van der Waals surface area (Å²) in [5.41, 5.74) is 1.84. The number of thioether (sulfide) groups is 1. The van der Waals surface area contributed by atoms with Crippen LogP contribution in [0.2, 0.25) is 0 Å². The molecule has 1 N–H and O–H groups in total. The number of amides is 1. The van der Waals surface area contributed by atoms with Gasteiger partial charge in [0.2, 0.25) is 5.91 Å². The first-order chi connectivity index (χ1) is 8.61. The van der Waals surface area contributed by atoms with Crippen LogP contribution in [0.4, 0.5) is 0 Å². The summed E-state index contributed by atoms with van der Waals surface area (Å²) >= 11 is 1.88. The van der Waals surface area contributed by atoms with Gasteiger partial charge < -0.3 is 4.90 Å². The molecule has 1 aromatic rings. The molecule has 0 aliphatic heterocycles. The molecule has 1 fully saturated rings. The highest BCUT2D eigenvalue weighted by Gasteiger charge is 2.32. The summed E-state index contributed by atoms with van der Waals surface area (Å²) in [4.78, 5) is 14.2. The molecular formula is C13H21N3OS. The maximum absolute atomic E-state index is 12.2. The van der Waals surface area contributed by atoms with Crippen molar-refractivity contribution in [2.24, 2.45) is 0 Å². The second kappa shape index (κ2) is 5.78. The largest absolute Gasteiger partial charge is 0.341 e. The van der Waals surface area contributed by atoms with Crippen LogP contribution in [0.1, 0.15) is 30.7 Å². The van der Waals surface area contributed by atoms with Crippen molar-refractivity contribution in [3.05, 3.63) is 17.5 Å². The number of nitrogens with zero attached hydrogens (tertiary/aromatic N) is 2. The maximum atomic E-state index is 12.2. The summed E-state index contributed by atoms with van der Waals surface area (Å²) in [7, 11) is 1.93. The van der Waals surface area contributed by atoms with E-state index in [0.717, 1.165) is 17.8 Å². The van der Waals surface area contributed by atoms with Crippen LogP contribution >= 0.6 is 11.8 Å². The Labute approximate surface area is 113 Å². The van der Waals surface area contributed by atoms with E-state index in [0.29, 0.717) is 17.7 Å². The number of hydrogen-bond donors (Lipinski definition) is 1. The van der Waals surface area contributed by atoms with Crippen LogP contribution in [0.15, 0.2) is 6.07 Å². The van der Waals surface area contributed by atoms with Gasteiger partial charge in [0.1, 0.15) is 0 Å². The number of carbonyl (C=O) groups excluding carboxylic acids is 1. The summed E-state index contributed by atoms with van der Waals surface area (Å²) in [6.07, 6.45) is 6.13. The number of H-pyrrole nitrogens is 1. The minimum absolute atomic E-state index is 0.174. The molecule has 5 heteroatoms. The van der Waals surface area contributed by atoms with Gasteiger partial charge in [0.25, 0.3) is 0 Å². The van der Waals surface area contributed by atoms with Gasteiger partial charge in [-0.2, -0.15) is 16.9 Å². The number of aryl methyl sites for hydroxylation is 1. The Morgan fingerprint density at radius 2 is 2.39 bits per heavy atom. The van der Waals surface area contributed by atoms with E-state index in [9.17, 15) is 4.79 Å². The number of aromatic amines is 1. The zero-order valence-electron chi connectivity index (χ0n) is 11.3. The molecule has 1 heterocycles. The molecule has 4 nitrogen and oxygen atoms in total. The van der Waals surface area contributed by atoms with E-state index in [1.807, 2.05) is 36.7 Å². The molecule has 100 valence electrons. The smallest absolute Gasteiger partial charge is 0.228 e. The second-order valence-electron chi connectivity index (χ2n) is 5.00. The van der Waals surface area contributed by atoms with E-state index in [1.54, 1.807) is 0 Å². The quantitative estimate of drug-likeness (QED) is 0.908. The lowest BCUT2D eigenvalue weighted by molar-refractivity contribution is -0.131. The highest BCUT2D eigenvalue weighted by atomic mass is 32.2. The SMILES string of the molecule is CS[C@@H]1CCC[C@H]1N(C)C(=O)Cc1cc(C)[nH]n1. The molecular weight excluding hydrogens is 246 g/mol. The molecule has 0 spiro atoms. The Morgan fingerprint density at radius 1 is 1.61 bits per heavy atom. The number of likely N-dealkylation sites (N-methyl/N-ethyl adjacent to an activating group) is 1. The fourth-order valence-corrected chi connectivity index (χ4v) is 3.69. The third-order valence-electron chi connectivity index (χ3n) is 3.70. The Kier molecular flexibility index (Phi) is 4.32. The minimum atomic E-state index is 0.174. The van der Waals surface area contributed by atoms with Crippen molar-refractivity contribution in [3.8, 4) is 0 Å². The van der Waals surface area contributed by atoms with Crippen LogP contribution in [0, 0.1) is 6.92 Å². The first-order valence-corrected chi connectivity index (χ1v) is 7.70. The summed E-state index contributed by atoms with van der Waals surface area (Å²) in [6.45, 7) is 1.95. The Balaban J connectivity index is 1.96. The van der Waals surface area contributed by atoms with Gasteiger partial charge in [0.15, 0.2) is 0 Å². The molecule has 1 aliphatic carbocycles. The topological polar surface area (TPSA) is 49.0 Å². The van der Waals surface area contributed by atoms with E-state index in [2.05, 4.69) is 16.5 Å². The first kappa shape index (κ1) is 13.5. The molecule has 0 radical (unpaired) electrons.